The van der Waals surface area contributed by atoms with Crippen LogP contribution in [0, 0.1) is 11.3 Å². The van der Waals surface area contributed by atoms with E-state index < -0.39 is 45.2 Å². The van der Waals surface area contributed by atoms with E-state index in [1.807, 2.05) is 30.3 Å². The average Bonchev–Trinajstić information content (AvgIpc) is 4.11. The van der Waals surface area contributed by atoms with Crippen LogP contribution in [-0.2, 0) is 43.8 Å². The topological polar surface area (TPSA) is 247 Å². The van der Waals surface area contributed by atoms with Gasteiger partial charge in [-0.2, -0.15) is 19.2 Å². The van der Waals surface area contributed by atoms with Gasteiger partial charge in [-0.25, -0.2) is 15.0 Å². The van der Waals surface area contributed by atoms with Crippen LogP contribution in [0.3, 0.4) is 0 Å². The quantitative estimate of drug-likeness (QED) is 0.0140. The van der Waals surface area contributed by atoms with Crippen molar-refractivity contribution < 1.29 is 57.3 Å². The van der Waals surface area contributed by atoms with Gasteiger partial charge in [-0.1, -0.05) is 108 Å². The van der Waals surface area contributed by atoms with Crippen LogP contribution < -0.4 is 5.32 Å². The highest BCUT2D eigenvalue weighted by Gasteiger charge is 2.52. The van der Waals surface area contributed by atoms with E-state index in [2.05, 4.69) is 51.5 Å². The molecule has 18 nitrogen and oxygen atoms in total. The van der Waals surface area contributed by atoms with Crippen molar-refractivity contribution >= 4 is 64.6 Å². The number of anilines is 1. The number of aliphatic hydroxyl groups is 2. The lowest BCUT2D eigenvalue weighted by molar-refractivity contribution is -0.145. The van der Waals surface area contributed by atoms with Crippen molar-refractivity contribution in [2.45, 2.75) is 114 Å². The second-order valence-corrected chi connectivity index (χ2v) is 22.0. The molecule has 0 radical (unpaired) electrons. The molecule has 2 aromatic heterocycles. The molecule has 5 atom stereocenters. The minimum atomic E-state index is -3.98. The largest absolute Gasteiger partial charge is 0.572 e. The molecule has 1 saturated heterocycles. The Morgan fingerprint density at radius 2 is 1.58 bits per heavy atom. The summed E-state index contributed by atoms with van der Waals surface area (Å²) in [5.41, 5.74) is 6.50. The van der Waals surface area contributed by atoms with Gasteiger partial charge >= 0.3 is 20.1 Å². The molecule has 1 aliphatic carbocycles. The highest BCUT2D eigenvalue weighted by atomic mass is 33.1. The second-order valence-electron chi connectivity index (χ2n) is 17.6. The third-order valence-electron chi connectivity index (χ3n) is 12.4. The summed E-state index contributed by atoms with van der Waals surface area (Å²) in [5, 5.41) is 32.3. The van der Waals surface area contributed by atoms with Crippen molar-refractivity contribution in [3.05, 3.63) is 108 Å². The van der Waals surface area contributed by atoms with E-state index in [1.165, 1.54) is 23.8 Å². The van der Waals surface area contributed by atoms with Crippen LogP contribution >= 0.6 is 29.8 Å². The Bertz CT molecular complexity index is 2580. The SMILES string of the molecule is CCCCCC(O)CCC(=O)OCCCSSCCCO[P+](O)(OCCC#N)OC1C[C@H](n2cnc3c(NC(=O)c4ccc(CCC(=O)OCC5c6ccccc6-c6ccccc65)cc4)ncnc32)O[C@@H]1CO. The Hall–Kier alpha value is -5.04. The van der Waals surface area contributed by atoms with Gasteiger partial charge in [0.15, 0.2) is 17.0 Å². The molecule has 3 heterocycles. The van der Waals surface area contributed by atoms with Crippen LogP contribution in [0.15, 0.2) is 85.5 Å². The van der Waals surface area contributed by atoms with Gasteiger partial charge in [-0.05, 0) is 72.1 Å². The molecule has 5 aromatic rings. The third-order valence-corrected chi connectivity index (χ3v) is 16.5. The minimum absolute atomic E-state index is 0.0122. The summed E-state index contributed by atoms with van der Waals surface area (Å²) in [4.78, 5) is 63.0. The van der Waals surface area contributed by atoms with Crippen molar-refractivity contribution in [1.82, 2.24) is 19.5 Å². The number of fused-ring (bicyclic) bond motifs is 4. The standard InChI is InChI=1S/C52H63N6O12PS2/c1-2-3-4-12-38(60)22-24-47(61)65-26-10-29-72-73-30-11-28-68-71(64,67-27-9-25-53)70-44-31-46(69-45(44)32-59)58-35-56-49-50(54-34-55-51(49)58)57-52(63)37-20-17-36(18-21-37)19-23-48(62)66-33-43-41-15-7-5-13-39(41)40-14-6-8-16-42(40)43/h5-8,13-18,20-21,34-35,38,43-46,59-60,64H,2-4,9-12,19,22-24,26-33H2,1H3/p+1/t38?,44?,45-,46-,71?/m1/s1. The van der Waals surface area contributed by atoms with Crippen LogP contribution in [0.5, 0.6) is 0 Å². The first-order valence-electron chi connectivity index (χ1n) is 24.8. The number of nitrogens with one attached hydrogen (secondary N) is 1. The molecule has 4 N–H and O–H groups in total. The first kappa shape index (κ1) is 55.7. The first-order chi connectivity index (χ1) is 35.6. The number of esters is 2. The van der Waals surface area contributed by atoms with Gasteiger partial charge in [0.2, 0.25) is 0 Å². The maximum atomic E-state index is 13.5. The fourth-order valence-electron chi connectivity index (χ4n) is 8.56. The molecule has 390 valence electrons. The van der Waals surface area contributed by atoms with E-state index in [-0.39, 0.29) is 74.7 Å². The van der Waals surface area contributed by atoms with Crippen LogP contribution in [0.1, 0.15) is 117 Å². The molecule has 0 spiro atoms. The Balaban J connectivity index is 0.841. The van der Waals surface area contributed by atoms with Gasteiger partial charge < -0.3 is 29.7 Å². The molecular formula is C52H64N6O12PS2+. The molecule has 73 heavy (non-hydrogen) atoms. The molecule has 1 amide bonds. The molecule has 2 aliphatic rings. The molecule has 3 aromatic carbocycles. The number of unbranched alkanes of at least 4 members (excludes halogenated alkanes) is 2. The van der Waals surface area contributed by atoms with Gasteiger partial charge in [0.05, 0.1) is 38.1 Å². The molecule has 3 unspecified atom stereocenters. The summed E-state index contributed by atoms with van der Waals surface area (Å²) in [7, 11) is -0.739. The predicted octanol–water partition coefficient (Wildman–Crippen LogP) is 9.07. The van der Waals surface area contributed by atoms with E-state index in [0.717, 1.165) is 41.7 Å². The highest BCUT2D eigenvalue weighted by Crippen LogP contribution is 2.61. The average molecular weight is 1060 g/mol. The summed E-state index contributed by atoms with van der Waals surface area (Å²) >= 11 is 0. The van der Waals surface area contributed by atoms with Gasteiger partial charge in [0.25, 0.3) is 5.91 Å². The number of aliphatic hydroxyl groups excluding tert-OH is 2. The summed E-state index contributed by atoms with van der Waals surface area (Å²) in [5.74, 6) is 0.569. The van der Waals surface area contributed by atoms with Crippen LogP contribution in [0.25, 0.3) is 22.3 Å². The van der Waals surface area contributed by atoms with Crippen molar-refractivity contribution in [1.29, 1.82) is 5.26 Å². The lowest BCUT2D eigenvalue weighted by Crippen LogP contribution is -2.29. The number of rotatable bonds is 31. The van der Waals surface area contributed by atoms with Crippen molar-refractivity contribution in [3.8, 4) is 17.2 Å². The monoisotopic (exact) mass is 1060 g/mol. The van der Waals surface area contributed by atoms with E-state index in [4.69, 9.17) is 33.0 Å². The maximum absolute atomic E-state index is 13.5. The van der Waals surface area contributed by atoms with Crippen LogP contribution in [-0.4, -0.2) is 115 Å². The molecule has 1 aliphatic heterocycles. The molecule has 1 fully saturated rings. The minimum Gasteiger partial charge on any atom is -0.466 e. The summed E-state index contributed by atoms with van der Waals surface area (Å²) in [6, 6.07) is 25.3. The number of hydrogen-bond acceptors (Lipinski definition) is 18. The molecular weight excluding hydrogens is 996 g/mol. The summed E-state index contributed by atoms with van der Waals surface area (Å²) in [6.07, 6.45) is 6.18. The Labute approximate surface area is 434 Å². The zero-order chi connectivity index (χ0) is 51.4. The van der Waals surface area contributed by atoms with Gasteiger partial charge in [-0.15, -0.1) is 4.52 Å². The zero-order valence-corrected chi connectivity index (χ0v) is 43.4. The number of hydrogen-bond donors (Lipinski definition) is 4. The second kappa shape index (κ2) is 28.6. The highest BCUT2D eigenvalue weighted by molar-refractivity contribution is 8.76. The van der Waals surface area contributed by atoms with Crippen LogP contribution in [0.4, 0.5) is 5.82 Å². The molecule has 7 rings (SSSR count). The van der Waals surface area contributed by atoms with Gasteiger partial charge in [-0.3, -0.25) is 19.0 Å². The summed E-state index contributed by atoms with van der Waals surface area (Å²) < 4.78 is 36.3. The number of benzene rings is 3. The fourth-order valence-corrected chi connectivity index (χ4v) is 12.1. The predicted molar refractivity (Wildman–Crippen MR) is 279 cm³/mol. The lowest BCUT2D eigenvalue weighted by atomic mass is 9.98. The number of aryl methyl sites for hydroxylation is 1. The van der Waals surface area contributed by atoms with E-state index in [1.54, 1.807) is 50.4 Å². The van der Waals surface area contributed by atoms with E-state index in [9.17, 15) is 29.5 Å². The zero-order valence-electron chi connectivity index (χ0n) is 40.9. The number of aromatic nitrogens is 4. The third kappa shape index (κ3) is 16.0. The molecule has 0 bridgehead atoms. The number of imidazole rings is 1. The number of ether oxygens (including phenoxy) is 3. The fraction of sp³-hybridized carbons (Fsp3) is 0.481. The van der Waals surface area contributed by atoms with Crippen molar-refractivity contribution in [3.63, 3.8) is 0 Å². The van der Waals surface area contributed by atoms with E-state index >= 15 is 0 Å². The normalized spacial score (nSPS) is 17.4. The van der Waals surface area contributed by atoms with Gasteiger partial charge in [0.1, 0.15) is 44.6 Å². The first-order valence-corrected chi connectivity index (χ1v) is 28.8. The van der Waals surface area contributed by atoms with E-state index in [0.29, 0.717) is 55.7 Å². The Morgan fingerprint density at radius 3 is 2.29 bits per heavy atom. The number of amides is 1. The van der Waals surface area contributed by atoms with Gasteiger partial charge in [0, 0.05) is 42.2 Å². The van der Waals surface area contributed by atoms with Crippen molar-refractivity contribution in [2.24, 2.45) is 0 Å². The number of carbonyl (C=O) groups is 3. The van der Waals surface area contributed by atoms with Crippen LogP contribution in [0.2, 0.25) is 0 Å². The lowest BCUT2D eigenvalue weighted by Gasteiger charge is -2.20. The maximum Gasteiger partial charge on any atom is 0.572 e. The smallest absolute Gasteiger partial charge is 0.466 e. The molecule has 0 saturated carbocycles. The van der Waals surface area contributed by atoms with Crippen molar-refractivity contribution in [2.75, 3.05) is 49.9 Å². The number of nitriles is 1. The Morgan fingerprint density at radius 1 is 0.877 bits per heavy atom. The number of carbonyl (C=O) groups excluding carboxylic acids is 3. The Kier molecular flexibility index (Phi) is 21.8. The molecule has 21 heteroatoms. The number of nitrogens with zero attached hydrogens (tertiary/aromatic N) is 5. The summed E-state index contributed by atoms with van der Waals surface area (Å²) in [6.45, 7) is 2.19.